The number of aliphatic hydroxyl groups excluding tert-OH is 2. The Morgan fingerprint density at radius 1 is 0.960 bits per heavy atom. The molecule has 25 heavy (non-hydrogen) atoms. The normalized spacial score (nSPS) is 12.1. The molecule has 0 aliphatic rings. The number of unbranched alkanes of at least 4 members (excludes halogenated alkanes) is 8. The number of hydrogen-bond acceptors (Lipinski definition) is 3. The molecule has 0 spiro atoms. The molecule has 0 aromatic heterocycles. The van der Waals surface area contributed by atoms with E-state index < -0.39 is 6.10 Å². The van der Waals surface area contributed by atoms with E-state index in [1.165, 1.54) is 44.9 Å². The fourth-order valence-corrected chi connectivity index (χ4v) is 2.90. The Labute approximate surface area is 152 Å². The maximum absolute atomic E-state index is 11.9. The largest absolute Gasteiger partial charge is 0.396 e. The zero-order valence-corrected chi connectivity index (χ0v) is 15.7. The number of carbonyl (C=O) groups excluding carboxylic acids is 1. The van der Waals surface area contributed by atoms with Crippen LogP contribution in [0.1, 0.15) is 89.2 Å². The van der Waals surface area contributed by atoms with E-state index in [0.29, 0.717) is 12.8 Å². The van der Waals surface area contributed by atoms with Crippen molar-refractivity contribution < 1.29 is 15.0 Å². The summed E-state index contributed by atoms with van der Waals surface area (Å²) in [4.78, 5) is 11.9. The standard InChI is InChI=1S/C21H35NO3/c1-2-3-4-5-6-7-8-9-10-11-21(25)22-19-14-12-18(13-15-19)20(24)16-17-23/h12-15,20,23-24H,2-11,16-17H2,1H3,(H,22,25). The van der Waals surface area contributed by atoms with Gasteiger partial charge in [-0.15, -0.1) is 0 Å². The van der Waals surface area contributed by atoms with Crippen molar-refractivity contribution in [3.05, 3.63) is 29.8 Å². The first-order valence-corrected chi connectivity index (χ1v) is 9.86. The second-order valence-corrected chi connectivity index (χ2v) is 6.78. The first-order valence-electron chi connectivity index (χ1n) is 9.86. The summed E-state index contributed by atoms with van der Waals surface area (Å²) in [7, 11) is 0. The van der Waals surface area contributed by atoms with Gasteiger partial charge in [-0.1, -0.05) is 70.4 Å². The summed E-state index contributed by atoms with van der Waals surface area (Å²) in [5.41, 5.74) is 1.51. The van der Waals surface area contributed by atoms with Gasteiger partial charge in [0, 0.05) is 25.1 Å². The minimum absolute atomic E-state index is 0.0433. The van der Waals surface area contributed by atoms with Crippen molar-refractivity contribution in [3.63, 3.8) is 0 Å². The number of amides is 1. The first kappa shape index (κ1) is 21.7. The number of anilines is 1. The summed E-state index contributed by atoms with van der Waals surface area (Å²) in [6.07, 6.45) is 11.4. The highest BCUT2D eigenvalue weighted by Crippen LogP contribution is 2.19. The fourth-order valence-electron chi connectivity index (χ4n) is 2.90. The lowest BCUT2D eigenvalue weighted by molar-refractivity contribution is -0.116. The second kappa shape index (κ2) is 13.9. The Bertz CT molecular complexity index is 459. The van der Waals surface area contributed by atoms with Gasteiger partial charge in [0.2, 0.25) is 5.91 Å². The van der Waals surface area contributed by atoms with Crippen LogP contribution in [0.5, 0.6) is 0 Å². The lowest BCUT2D eigenvalue weighted by atomic mass is 10.1. The van der Waals surface area contributed by atoms with Crippen LogP contribution < -0.4 is 5.32 Å². The molecule has 142 valence electrons. The van der Waals surface area contributed by atoms with E-state index in [1.54, 1.807) is 24.3 Å². The average molecular weight is 350 g/mol. The zero-order valence-electron chi connectivity index (χ0n) is 15.7. The Balaban J connectivity index is 2.12. The molecule has 1 aromatic carbocycles. The molecular formula is C21H35NO3. The Morgan fingerprint density at radius 3 is 2.08 bits per heavy atom. The van der Waals surface area contributed by atoms with E-state index in [0.717, 1.165) is 24.1 Å². The summed E-state index contributed by atoms with van der Waals surface area (Å²) in [6.45, 7) is 2.19. The third kappa shape index (κ3) is 10.3. The molecule has 0 aliphatic carbocycles. The number of benzene rings is 1. The second-order valence-electron chi connectivity index (χ2n) is 6.78. The molecule has 4 nitrogen and oxygen atoms in total. The molecule has 1 amide bonds. The van der Waals surface area contributed by atoms with Crippen molar-refractivity contribution in [2.45, 2.75) is 83.7 Å². The summed E-state index contributed by atoms with van der Waals surface area (Å²) in [6, 6.07) is 7.16. The van der Waals surface area contributed by atoms with E-state index in [-0.39, 0.29) is 12.5 Å². The monoisotopic (exact) mass is 349 g/mol. The van der Waals surface area contributed by atoms with Gasteiger partial charge in [-0.25, -0.2) is 0 Å². The molecule has 0 radical (unpaired) electrons. The van der Waals surface area contributed by atoms with Crippen molar-refractivity contribution in [3.8, 4) is 0 Å². The fraction of sp³-hybridized carbons (Fsp3) is 0.667. The molecule has 1 unspecified atom stereocenters. The van der Waals surface area contributed by atoms with Crippen LogP contribution >= 0.6 is 0 Å². The number of nitrogens with one attached hydrogen (secondary N) is 1. The van der Waals surface area contributed by atoms with Crippen LogP contribution in [0.3, 0.4) is 0 Å². The molecule has 0 heterocycles. The first-order chi connectivity index (χ1) is 12.2. The highest BCUT2D eigenvalue weighted by Gasteiger charge is 2.07. The van der Waals surface area contributed by atoms with Gasteiger partial charge >= 0.3 is 0 Å². The van der Waals surface area contributed by atoms with Gasteiger partial charge in [0.05, 0.1) is 6.10 Å². The zero-order chi connectivity index (χ0) is 18.3. The molecule has 3 N–H and O–H groups in total. The van der Waals surface area contributed by atoms with Gasteiger partial charge in [-0.2, -0.15) is 0 Å². The summed E-state index contributed by atoms with van der Waals surface area (Å²) < 4.78 is 0. The van der Waals surface area contributed by atoms with Gasteiger partial charge in [-0.05, 0) is 24.1 Å². The Kier molecular flexibility index (Phi) is 12.0. The summed E-state index contributed by atoms with van der Waals surface area (Å²) in [5, 5.41) is 21.5. The maximum Gasteiger partial charge on any atom is 0.224 e. The average Bonchev–Trinajstić information content (AvgIpc) is 2.61. The van der Waals surface area contributed by atoms with E-state index in [1.807, 2.05) is 0 Å². The topological polar surface area (TPSA) is 69.6 Å². The Hall–Kier alpha value is -1.39. The third-order valence-corrected chi connectivity index (χ3v) is 4.49. The van der Waals surface area contributed by atoms with Crippen molar-refractivity contribution in [2.75, 3.05) is 11.9 Å². The smallest absolute Gasteiger partial charge is 0.224 e. The highest BCUT2D eigenvalue weighted by molar-refractivity contribution is 5.90. The molecule has 1 rings (SSSR count). The van der Waals surface area contributed by atoms with E-state index in [4.69, 9.17) is 5.11 Å². The van der Waals surface area contributed by atoms with Gasteiger partial charge in [0.15, 0.2) is 0 Å². The molecule has 4 heteroatoms. The molecule has 0 saturated heterocycles. The lowest BCUT2D eigenvalue weighted by Gasteiger charge is -2.10. The summed E-state index contributed by atoms with van der Waals surface area (Å²) in [5.74, 6) is 0.0478. The molecule has 1 aromatic rings. The highest BCUT2D eigenvalue weighted by atomic mass is 16.3. The van der Waals surface area contributed by atoms with Gasteiger partial charge in [0.1, 0.15) is 0 Å². The minimum Gasteiger partial charge on any atom is -0.396 e. The van der Waals surface area contributed by atoms with Crippen LogP contribution in [0.25, 0.3) is 0 Å². The molecule has 0 aliphatic heterocycles. The van der Waals surface area contributed by atoms with E-state index in [2.05, 4.69) is 12.2 Å². The van der Waals surface area contributed by atoms with Crippen LogP contribution in [0, 0.1) is 0 Å². The van der Waals surface area contributed by atoms with Gasteiger partial charge < -0.3 is 15.5 Å². The van der Waals surface area contributed by atoms with Crippen molar-refractivity contribution in [1.29, 1.82) is 0 Å². The molecule has 0 saturated carbocycles. The van der Waals surface area contributed by atoms with Crippen molar-refractivity contribution >= 4 is 11.6 Å². The molecule has 1 atom stereocenters. The van der Waals surface area contributed by atoms with Crippen LogP contribution in [0.15, 0.2) is 24.3 Å². The minimum atomic E-state index is -0.656. The van der Waals surface area contributed by atoms with Gasteiger partial charge in [0.25, 0.3) is 0 Å². The number of hydrogen-bond donors (Lipinski definition) is 3. The van der Waals surface area contributed by atoms with Gasteiger partial charge in [-0.3, -0.25) is 4.79 Å². The predicted molar refractivity (Wildman–Crippen MR) is 104 cm³/mol. The molecule has 0 bridgehead atoms. The SMILES string of the molecule is CCCCCCCCCCCC(=O)Nc1ccc(C(O)CCO)cc1. The summed E-state index contributed by atoms with van der Waals surface area (Å²) >= 11 is 0. The number of carbonyl (C=O) groups is 1. The van der Waals surface area contributed by atoms with Crippen molar-refractivity contribution in [1.82, 2.24) is 0 Å². The van der Waals surface area contributed by atoms with E-state index >= 15 is 0 Å². The quantitative estimate of drug-likeness (QED) is 0.416. The molecule has 0 fully saturated rings. The van der Waals surface area contributed by atoms with E-state index in [9.17, 15) is 9.90 Å². The maximum atomic E-state index is 11.9. The Morgan fingerprint density at radius 2 is 1.52 bits per heavy atom. The van der Waals surface area contributed by atoms with Crippen LogP contribution in [0.2, 0.25) is 0 Å². The van der Waals surface area contributed by atoms with Crippen LogP contribution in [-0.4, -0.2) is 22.7 Å². The lowest BCUT2D eigenvalue weighted by Crippen LogP contribution is -2.11. The van der Waals surface area contributed by atoms with Crippen molar-refractivity contribution in [2.24, 2.45) is 0 Å². The number of aliphatic hydroxyl groups is 2. The molecular weight excluding hydrogens is 314 g/mol. The number of rotatable bonds is 14. The third-order valence-electron chi connectivity index (χ3n) is 4.49. The van der Waals surface area contributed by atoms with Crippen LogP contribution in [0.4, 0.5) is 5.69 Å². The predicted octanol–water partition coefficient (Wildman–Crippen LogP) is 4.96. The van der Waals surface area contributed by atoms with Crippen LogP contribution in [-0.2, 0) is 4.79 Å².